The zero-order valence-electron chi connectivity index (χ0n) is 11.2. The Morgan fingerprint density at radius 1 is 1.37 bits per heavy atom. The molecule has 1 saturated carbocycles. The third-order valence-electron chi connectivity index (χ3n) is 4.72. The van der Waals surface area contributed by atoms with E-state index < -0.39 is 0 Å². The van der Waals surface area contributed by atoms with Gasteiger partial charge in [-0.3, -0.25) is 4.79 Å². The summed E-state index contributed by atoms with van der Waals surface area (Å²) in [5.41, 5.74) is 1.99. The molecule has 19 heavy (non-hydrogen) atoms. The van der Waals surface area contributed by atoms with E-state index in [4.69, 9.17) is 16.3 Å². The van der Waals surface area contributed by atoms with Crippen LogP contribution in [0.25, 0.3) is 0 Å². The maximum atomic E-state index is 11.7. The lowest BCUT2D eigenvalue weighted by Gasteiger charge is -2.44. The van der Waals surface area contributed by atoms with E-state index in [0.717, 1.165) is 30.5 Å². The fourth-order valence-corrected chi connectivity index (χ4v) is 3.72. The van der Waals surface area contributed by atoms with Crippen molar-refractivity contribution in [2.75, 3.05) is 7.11 Å². The second-order valence-corrected chi connectivity index (χ2v) is 6.06. The first kappa shape index (κ1) is 12.9. The number of carbonyl (C=O) groups is 1. The van der Waals surface area contributed by atoms with Gasteiger partial charge < -0.3 is 4.74 Å². The van der Waals surface area contributed by atoms with Crippen LogP contribution in [0.3, 0.4) is 0 Å². The number of carbonyl (C=O) groups excluding carboxylic acids is 1. The molecule has 2 aliphatic rings. The Labute approximate surface area is 117 Å². The lowest BCUT2D eigenvalue weighted by Crippen LogP contribution is -2.43. The number of aromatic nitrogens is 2. The van der Waals surface area contributed by atoms with Gasteiger partial charge in [-0.25, -0.2) is 4.98 Å². The van der Waals surface area contributed by atoms with Crippen molar-refractivity contribution in [3.05, 3.63) is 16.5 Å². The fourth-order valence-electron chi connectivity index (χ4n) is 3.56. The maximum Gasteiger partial charge on any atom is 0.225 e. The normalized spacial score (nSPS) is 29.6. The van der Waals surface area contributed by atoms with Crippen LogP contribution in [0, 0.1) is 5.92 Å². The molecule has 0 radical (unpaired) electrons. The number of methoxy groups -OCH3 is 1. The number of ketones is 1. The molecule has 2 aliphatic carbocycles. The monoisotopic (exact) mass is 280 g/mol. The number of hydrogen-bond acceptors (Lipinski definition) is 4. The molecule has 0 aromatic carbocycles. The topological polar surface area (TPSA) is 52.1 Å². The van der Waals surface area contributed by atoms with Crippen LogP contribution < -0.4 is 4.74 Å². The summed E-state index contributed by atoms with van der Waals surface area (Å²) in [5, 5.41) is 0.231. The zero-order chi connectivity index (χ0) is 13.6. The van der Waals surface area contributed by atoms with Crippen LogP contribution in [0.1, 0.15) is 43.9 Å². The first-order valence-electron chi connectivity index (χ1n) is 6.67. The van der Waals surface area contributed by atoms with E-state index in [1.165, 1.54) is 0 Å². The Bertz CT molecular complexity index is 546. The van der Waals surface area contributed by atoms with Crippen LogP contribution in [-0.4, -0.2) is 22.9 Å². The van der Waals surface area contributed by atoms with Crippen LogP contribution in [0.2, 0.25) is 5.28 Å². The van der Waals surface area contributed by atoms with Crippen molar-refractivity contribution in [2.45, 2.75) is 44.4 Å². The molecule has 102 valence electrons. The summed E-state index contributed by atoms with van der Waals surface area (Å²) in [6.45, 7) is 2.20. The number of ether oxygens (including phenoxy) is 1. The van der Waals surface area contributed by atoms with Gasteiger partial charge in [-0.2, -0.15) is 4.98 Å². The van der Waals surface area contributed by atoms with Crippen molar-refractivity contribution >= 4 is 17.4 Å². The first-order valence-corrected chi connectivity index (χ1v) is 7.05. The highest BCUT2D eigenvalue weighted by molar-refractivity contribution is 6.28. The molecule has 0 aliphatic heterocycles. The molecule has 1 aromatic heterocycles. The van der Waals surface area contributed by atoms with E-state index in [1.807, 2.05) is 0 Å². The van der Waals surface area contributed by atoms with Gasteiger partial charge in [-0.05, 0) is 36.8 Å². The summed E-state index contributed by atoms with van der Waals surface area (Å²) in [7, 11) is 1.61. The fraction of sp³-hybridized carbons (Fsp3) is 0.643. The van der Waals surface area contributed by atoms with Crippen molar-refractivity contribution in [3.8, 4) is 5.88 Å². The van der Waals surface area contributed by atoms with Crippen molar-refractivity contribution in [3.63, 3.8) is 0 Å². The highest BCUT2D eigenvalue weighted by Crippen LogP contribution is 2.49. The second-order valence-electron chi connectivity index (χ2n) is 5.72. The molecule has 0 N–H and O–H groups in total. The summed E-state index contributed by atoms with van der Waals surface area (Å²) >= 11 is 6.01. The number of Topliss-reactive ketones (excluding diaryl/α,β-unsaturated/α-hetero) is 1. The number of halogens is 1. The van der Waals surface area contributed by atoms with Gasteiger partial charge in [0, 0.05) is 23.8 Å². The average Bonchev–Trinajstić information content (AvgIpc) is 2.39. The van der Waals surface area contributed by atoms with Crippen LogP contribution in [0.15, 0.2) is 0 Å². The summed E-state index contributed by atoms with van der Waals surface area (Å²) in [5.74, 6) is 1.33. The van der Waals surface area contributed by atoms with Crippen molar-refractivity contribution in [2.24, 2.45) is 5.92 Å². The Hall–Kier alpha value is -1.16. The van der Waals surface area contributed by atoms with Gasteiger partial charge in [-0.15, -0.1) is 0 Å². The molecule has 2 unspecified atom stereocenters. The standard InChI is InChI=1S/C14H17ClN2O2/c1-14-6-5-9(18)7-8(14)3-4-10-11(14)16-13(15)17-12(10)19-2/h8H,3-7H2,1-2H3. The summed E-state index contributed by atoms with van der Waals surface area (Å²) in [6.07, 6.45) is 4.01. The van der Waals surface area contributed by atoms with E-state index in [1.54, 1.807) is 7.11 Å². The zero-order valence-corrected chi connectivity index (χ0v) is 12.0. The van der Waals surface area contributed by atoms with Crippen LogP contribution in [0.4, 0.5) is 0 Å². The third kappa shape index (κ3) is 1.93. The quantitative estimate of drug-likeness (QED) is 0.742. The van der Waals surface area contributed by atoms with Crippen molar-refractivity contribution < 1.29 is 9.53 Å². The van der Waals surface area contributed by atoms with Gasteiger partial charge in [0.15, 0.2) is 0 Å². The lowest BCUT2D eigenvalue weighted by molar-refractivity contribution is -0.123. The van der Waals surface area contributed by atoms with Gasteiger partial charge in [0.1, 0.15) is 5.78 Å². The third-order valence-corrected chi connectivity index (χ3v) is 4.89. The molecule has 1 aromatic rings. The highest BCUT2D eigenvalue weighted by Gasteiger charge is 2.46. The summed E-state index contributed by atoms with van der Waals surface area (Å²) in [6, 6.07) is 0. The SMILES string of the molecule is COc1nc(Cl)nc2c1CCC1CC(=O)CCC21C. The number of nitrogens with zero attached hydrogens (tertiary/aromatic N) is 2. The minimum absolute atomic E-state index is 0.0681. The molecule has 3 rings (SSSR count). The molecular weight excluding hydrogens is 264 g/mol. The minimum Gasteiger partial charge on any atom is -0.481 e. The molecule has 1 fully saturated rings. The largest absolute Gasteiger partial charge is 0.481 e. The number of rotatable bonds is 1. The van der Waals surface area contributed by atoms with E-state index >= 15 is 0 Å². The molecule has 2 atom stereocenters. The molecule has 0 spiro atoms. The molecule has 4 nitrogen and oxygen atoms in total. The Balaban J connectivity index is 2.13. The molecule has 0 amide bonds. The Morgan fingerprint density at radius 2 is 2.16 bits per heavy atom. The van der Waals surface area contributed by atoms with Gasteiger partial charge >= 0.3 is 0 Å². The molecule has 1 heterocycles. The van der Waals surface area contributed by atoms with Crippen molar-refractivity contribution in [1.29, 1.82) is 0 Å². The second kappa shape index (κ2) is 4.44. The number of hydrogen-bond donors (Lipinski definition) is 0. The highest BCUT2D eigenvalue weighted by atomic mass is 35.5. The van der Waals surface area contributed by atoms with E-state index in [2.05, 4.69) is 16.9 Å². The van der Waals surface area contributed by atoms with E-state index in [-0.39, 0.29) is 10.7 Å². The average molecular weight is 281 g/mol. The minimum atomic E-state index is -0.0681. The maximum absolute atomic E-state index is 11.7. The molecular formula is C14H17ClN2O2. The smallest absolute Gasteiger partial charge is 0.225 e. The van der Waals surface area contributed by atoms with Crippen molar-refractivity contribution in [1.82, 2.24) is 9.97 Å². The van der Waals surface area contributed by atoms with Gasteiger partial charge in [0.25, 0.3) is 0 Å². The first-order chi connectivity index (χ1) is 9.04. The van der Waals surface area contributed by atoms with Crippen LogP contribution >= 0.6 is 11.6 Å². The van der Waals surface area contributed by atoms with Gasteiger partial charge in [0.05, 0.1) is 12.8 Å². The van der Waals surface area contributed by atoms with E-state index in [9.17, 15) is 4.79 Å². The van der Waals surface area contributed by atoms with Crippen LogP contribution in [-0.2, 0) is 16.6 Å². The van der Waals surface area contributed by atoms with Crippen LogP contribution in [0.5, 0.6) is 5.88 Å². The Morgan fingerprint density at radius 3 is 2.89 bits per heavy atom. The summed E-state index contributed by atoms with van der Waals surface area (Å²) < 4.78 is 5.34. The lowest BCUT2D eigenvalue weighted by atomic mass is 9.60. The molecule has 0 bridgehead atoms. The molecule has 0 saturated heterocycles. The predicted molar refractivity (Wildman–Crippen MR) is 71.6 cm³/mol. The Kier molecular flexibility index (Phi) is 3.01. The number of fused-ring (bicyclic) bond motifs is 3. The van der Waals surface area contributed by atoms with Gasteiger partial charge in [-0.1, -0.05) is 6.92 Å². The predicted octanol–water partition coefficient (Wildman–Crippen LogP) is 2.71. The molecule has 5 heteroatoms. The van der Waals surface area contributed by atoms with Gasteiger partial charge in [0.2, 0.25) is 11.2 Å². The van der Waals surface area contributed by atoms with E-state index in [0.29, 0.717) is 30.4 Å². The summed E-state index contributed by atoms with van der Waals surface area (Å²) in [4.78, 5) is 20.3.